The number of aliphatic carboxylic acids is 1. The predicted molar refractivity (Wildman–Crippen MR) is 54.1 cm³/mol. The molecule has 15 heavy (non-hydrogen) atoms. The minimum Gasteiger partial charge on any atom is -0.481 e. The SMILES string of the molecule is O=C(O)Cc1nc(=S)[nH]c2c1CCOC2. The van der Waals surface area contributed by atoms with Crippen molar-refractivity contribution in [3.8, 4) is 0 Å². The fourth-order valence-electron chi connectivity index (χ4n) is 1.65. The summed E-state index contributed by atoms with van der Waals surface area (Å²) in [5, 5.41) is 8.74. The Kier molecular flexibility index (Phi) is 2.79. The van der Waals surface area contributed by atoms with E-state index in [1.807, 2.05) is 0 Å². The molecule has 2 N–H and O–H groups in total. The highest BCUT2D eigenvalue weighted by molar-refractivity contribution is 7.71. The molecule has 0 unspecified atom stereocenters. The van der Waals surface area contributed by atoms with Gasteiger partial charge in [-0.25, -0.2) is 4.98 Å². The van der Waals surface area contributed by atoms with E-state index >= 15 is 0 Å². The first-order valence-corrected chi connectivity index (χ1v) is 4.98. The molecule has 0 saturated carbocycles. The van der Waals surface area contributed by atoms with Crippen molar-refractivity contribution in [2.45, 2.75) is 19.4 Å². The predicted octanol–water partition coefficient (Wildman–Crippen LogP) is 0.839. The van der Waals surface area contributed by atoms with Crippen LogP contribution in [0.2, 0.25) is 0 Å². The van der Waals surface area contributed by atoms with E-state index in [0.717, 1.165) is 11.3 Å². The smallest absolute Gasteiger partial charge is 0.309 e. The number of ether oxygens (including phenoxy) is 1. The summed E-state index contributed by atoms with van der Waals surface area (Å²) >= 11 is 4.92. The number of aromatic nitrogens is 2. The molecule has 6 heteroatoms. The molecule has 2 rings (SSSR count). The van der Waals surface area contributed by atoms with Crippen LogP contribution in [0.15, 0.2) is 0 Å². The van der Waals surface area contributed by atoms with Crippen molar-refractivity contribution in [3.05, 3.63) is 21.7 Å². The summed E-state index contributed by atoms with van der Waals surface area (Å²) in [6, 6.07) is 0. The number of carboxylic acid groups (broad SMARTS) is 1. The molecule has 0 fully saturated rings. The number of carboxylic acids is 1. The summed E-state index contributed by atoms with van der Waals surface area (Å²) < 4.78 is 5.57. The molecule has 0 saturated heterocycles. The van der Waals surface area contributed by atoms with Crippen molar-refractivity contribution >= 4 is 18.2 Å². The fraction of sp³-hybridized carbons (Fsp3) is 0.444. The number of fused-ring (bicyclic) bond motifs is 1. The quantitative estimate of drug-likeness (QED) is 0.731. The summed E-state index contributed by atoms with van der Waals surface area (Å²) in [6.07, 6.45) is 0.609. The van der Waals surface area contributed by atoms with Crippen molar-refractivity contribution in [2.75, 3.05) is 6.61 Å². The molecule has 0 amide bonds. The summed E-state index contributed by atoms with van der Waals surface area (Å²) in [5.41, 5.74) is 2.36. The highest BCUT2D eigenvalue weighted by Crippen LogP contribution is 2.17. The second-order valence-electron chi connectivity index (χ2n) is 3.32. The molecule has 1 aromatic rings. The molecule has 1 aromatic heterocycles. The Morgan fingerprint density at radius 2 is 2.47 bits per heavy atom. The zero-order chi connectivity index (χ0) is 10.8. The highest BCUT2D eigenvalue weighted by atomic mass is 32.1. The van der Waals surface area contributed by atoms with E-state index < -0.39 is 5.97 Å². The van der Waals surface area contributed by atoms with Gasteiger partial charge in [0.15, 0.2) is 4.77 Å². The lowest BCUT2D eigenvalue weighted by molar-refractivity contribution is -0.136. The van der Waals surface area contributed by atoms with Crippen molar-refractivity contribution in [1.29, 1.82) is 0 Å². The van der Waals surface area contributed by atoms with Crippen LogP contribution in [0.1, 0.15) is 17.0 Å². The van der Waals surface area contributed by atoms with Crippen LogP contribution in [-0.4, -0.2) is 27.7 Å². The van der Waals surface area contributed by atoms with Crippen LogP contribution >= 0.6 is 12.2 Å². The maximum Gasteiger partial charge on any atom is 0.309 e. The van der Waals surface area contributed by atoms with E-state index in [0.29, 0.717) is 30.1 Å². The zero-order valence-corrected chi connectivity index (χ0v) is 8.76. The maximum atomic E-state index is 10.7. The van der Waals surface area contributed by atoms with Gasteiger partial charge in [-0.3, -0.25) is 4.79 Å². The molecule has 1 aliphatic heterocycles. The van der Waals surface area contributed by atoms with E-state index in [2.05, 4.69) is 9.97 Å². The number of nitrogens with one attached hydrogen (secondary N) is 1. The third-order valence-corrected chi connectivity index (χ3v) is 2.46. The number of hydrogen-bond acceptors (Lipinski definition) is 4. The molecular weight excluding hydrogens is 216 g/mol. The molecule has 0 aromatic carbocycles. The highest BCUT2D eigenvalue weighted by Gasteiger charge is 2.17. The Morgan fingerprint density at radius 1 is 1.67 bits per heavy atom. The molecule has 80 valence electrons. The van der Waals surface area contributed by atoms with Crippen LogP contribution in [0, 0.1) is 4.77 Å². The number of rotatable bonds is 2. The molecule has 0 aliphatic carbocycles. The second kappa shape index (κ2) is 4.08. The zero-order valence-electron chi connectivity index (χ0n) is 7.95. The lowest BCUT2D eigenvalue weighted by atomic mass is 10.0. The third kappa shape index (κ3) is 2.21. The van der Waals surface area contributed by atoms with E-state index in [4.69, 9.17) is 22.1 Å². The minimum atomic E-state index is -0.892. The van der Waals surface area contributed by atoms with E-state index in [1.165, 1.54) is 0 Å². The van der Waals surface area contributed by atoms with Gasteiger partial charge in [0.2, 0.25) is 0 Å². The van der Waals surface area contributed by atoms with Crippen molar-refractivity contribution in [2.24, 2.45) is 0 Å². The van der Waals surface area contributed by atoms with Gasteiger partial charge in [0.1, 0.15) is 0 Å². The topological polar surface area (TPSA) is 75.2 Å². The average molecular weight is 226 g/mol. The summed E-state index contributed by atoms with van der Waals surface area (Å²) in [6.45, 7) is 1.06. The van der Waals surface area contributed by atoms with Gasteiger partial charge in [0.25, 0.3) is 0 Å². The van der Waals surface area contributed by atoms with E-state index in [1.54, 1.807) is 0 Å². The Morgan fingerprint density at radius 3 is 3.20 bits per heavy atom. The van der Waals surface area contributed by atoms with Gasteiger partial charge < -0.3 is 14.8 Å². The molecule has 2 heterocycles. The van der Waals surface area contributed by atoms with Gasteiger partial charge in [-0.15, -0.1) is 0 Å². The molecule has 0 spiro atoms. The summed E-state index contributed by atoms with van der Waals surface area (Å²) in [5.74, 6) is -0.892. The molecule has 0 bridgehead atoms. The summed E-state index contributed by atoms with van der Waals surface area (Å²) in [7, 11) is 0. The molecule has 0 atom stereocenters. The summed E-state index contributed by atoms with van der Waals surface area (Å²) in [4.78, 5) is 17.6. The van der Waals surface area contributed by atoms with Crippen LogP contribution in [0.3, 0.4) is 0 Å². The van der Waals surface area contributed by atoms with Crippen LogP contribution < -0.4 is 0 Å². The van der Waals surface area contributed by atoms with Gasteiger partial charge in [-0.2, -0.15) is 0 Å². The van der Waals surface area contributed by atoms with Crippen LogP contribution in [0.25, 0.3) is 0 Å². The largest absolute Gasteiger partial charge is 0.481 e. The van der Waals surface area contributed by atoms with E-state index in [9.17, 15) is 4.79 Å². The maximum absolute atomic E-state index is 10.7. The van der Waals surface area contributed by atoms with Crippen LogP contribution in [0.4, 0.5) is 0 Å². The monoisotopic (exact) mass is 226 g/mol. The first kappa shape index (κ1) is 10.3. The lowest BCUT2D eigenvalue weighted by Gasteiger charge is -2.18. The van der Waals surface area contributed by atoms with Crippen LogP contribution in [-0.2, 0) is 29.0 Å². The lowest BCUT2D eigenvalue weighted by Crippen LogP contribution is -2.17. The Labute approximate surface area is 91.1 Å². The van der Waals surface area contributed by atoms with Gasteiger partial charge in [0, 0.05) is 5.69 Å². The van der Waals surface area contributed by atoms with Crippen LogP contribution in [0.5, 0.6) is 0 Å². The Bertz CT molecular complexity index is 455. The average Bonchev–Trinajstić information content (AvgIpc) is 2.16. The first-order valence-electron chi connectivity index (χ1n) is 4.57. The first-order chi connectivity index (χ1) is 7.16. The van der Waals surface area contributed by atoms with Gasteiger partial charge in [-0.05, 0) is 24.2 Å². The molecular formula is C9H10N2O3S. The molecule has 0 radical (unpaired) electrons. The van der Waals surface area contributed by atoms with Crippen molar-refractivity contribution in [3.63, 3.8) is 0 Å². The minimum absolute atomic E-state index is 0.0827. The Hall–Kier alpha value is -1.27. The second-order valence-corrected chi connectivity index (χ2v) is 3.71. The van der Waals surface area contributed by atoms with E-state index in [-0.39, 0.29) is 6.42 Å². The number of H-pyrrole nitrogens is 1. The molecule has 1 aliphatic rings. The number of aromatic amines is 1. The van der Waals surface area contributed by atoms with Crippen molar-refractivity contribution < 1.29 is 14.6 Å². The number of carbonyl (C=O) groups is 1. The molecule has 5 nitrogen and oxygen atoms in total. The number of hydrogen-bond donors (Lipinski definition) is 2. The Balaban J connectivity index is 2.47. The van der Waals surface area contributed by atoms with Gasteiger partial charge >= 0.3 is 5.97 Å². The standard InChI is InChI=1S/C9H10N2O3S/c12-8(13)3-6-5-1-2-14-4-7(5)11-9(15)10-6/h1-4H2,(H,12,13)(H,10,11,15). The fourth-order valence-corrected chi connectivity index (χ4v) is 1.89. The number of nitrogens with zero attached hydrogens (tertiary/aromatic N) is 1. The normalized spacial score (nSPS) is 14.7. The van der Waals surface area contributed by atoms with Gasteiger partial charge in [0.05, 0.1) is 25.3 Å². The van der Waals surface area contributed by atoms with Gasteiger partial charge in [-0.1, -0.05) is 0 Å². The third-order valence-electron chi connectivity index (χ3n) is 2.27. The van der Waals surface area contributed by atoms with Crippen molar-refractivity contribution in [1.82, 2.24) is 9.97 Å².